The van der Waals surface area contributed by atoms with Crippen molar-refractivity contribution in [3.63, 3.8) is 0 Å². The molecular weight excluding hydrogens is 666 g/mol. The Morgan fingerprint density at radius 3 is 2.61 bits per heavy atom. The van der Waals surface area contributed by atoms with E-state index in [1.54, 1.807) is 11.0 Å². The molecule has 16 heteroatoms. The number of halogens is 4. The van der Waals surface area contributed by atoms with Gasteiger partial charge in [-0.25, -0.2) is 17.8 Å². The molecule has 0 saturated carbocycles. The number of fused-ring (bicyclic) bond motifs is 1. The van der Waals surface area contributed by atoms with E-state index >= 15 is 4.39 Å². The molecule has 1 aromatic carbocycles. The Balaban J connectivity index is 1.49. The quantitative estimate of drug-likeness (QED) is 0.164. The Morgan fingerprint density at radius 1 is 1.16 bits per heavy atom. The van der Waals surface area contributed by atoms with Crippen LogP contribution in [0.3, 0.4) is 0 Å². The highest BCUT2D eigenvalue weighted by molar-refractivity contribution is 7.90. The molecule has 0 spiro atoms. The van der Waals surface area contributed by atoms with E-state index in [0.717, 1.165) is 6.26 Å². The van der Waals surface area contributed by atoms with Gasteiger partial charge >= 0.3 is 6.18 Å². The van der Waals surface area contributed by atoms with E-state index in [1.807, 2.05) is 11.9 Å². The van der Waals surface area contributed by atoms with Gasteiger partial charge in [0.25, 0.3) is 0 Å². The average Bonchev–Trinajstić information content (AvgIpc) is 3.63. The van der Waals surface area contributed by atoms with Crippen molar-refractivity contribution in [3.8, 4) is 17.6 Å². The molecule has 0 unspecified atom stereocenters. The number of rotatable bonds is 10. The van der Waals surface area contributed by atoms with Gasteiger partial charge in [-0.2, -0.15) is 13.2 Å². The summed E-state index contributed by atoms with van der Waals surface area (Å²) in [4.78, 5) is 20.2. The number of hydrogen-bond acceptors (Lipinski definition) is 9. The van der Waals surface area contributed by atoms with Gasteiger partial charge in [-0.15, -0.1) is 0 Å². The molecule has 5 rings (SSSR count). The SMILES string of the molecule is C=CC(=O)N1CC[C@H](Nc2cc(N[C@@H]3CCN(C)C[C@@H]3F)c3nc(C#CCNc4ccc(S(C)(=O)=O)cc4OC)c(CC(F)(F)F)n3c2)C1. The molecule has 0 aliphatic carbocycles. The number of ether oxygens (including phenoxy) is 1. The van der Waals surface area contributed by atoms with Gasteiger partial charge in [0.2, 0.25) is 5.91 Å². The summed E-state index contributed by atoms with van der Waals surface area (Å²) in [6, 6.07) is 5.23. The van der Waals surface area contributed by atoms with E-state index in [9.17, 15) is 26.4 Å². The predicted molar refractivity (Wildman–Crippen MR) is 180 cm³/mol. The van der Waals surface area contributed by atoms with E-state index in [0.29, 0.717) is 49.5 Å². The van der Waals surface area contributed by atoms with Gasteiger partial charge in [-0.3, -0.25) is 9.20 Å². The van der Waals surface area contributed by atoms with Crippen LogP contribution >= 0.6 is 0 Å². The number of alkyl halides is 4. The van der Waals surface area contributed by atoms with Crippen molar-refractivity contribution in [2.24, 2.45) is 0 Å². The fourth-order valence-corrected chi connectivity index (χ4v) is 6.65. The number of carbonyl (C=O) groups excluding carboxylic acids is 1. The number of likely N-dealkylation sites (tertiary alicyclic amines) is 2. The van der Waals surface area contributed by atoms with Crippen LogP contribution in [0.5, 0.6) is 5.75 Å². The second kappa shape index (κ2) is 14.6. The third-order valence-electron chi connectivity index (χ3n) is 8.49. The van der Waals surface area contributed by atoms with Crippen molar-refractivity contribution < 1.29 is 35.5 Å². The lowest BCUT2D eigenvalue weighted by Gasteiger charge is -2.33. The Kier molecular flexibility index (Phi) is 10.6. The highest BCUT2D eigenvalue weighted by Gasteiger charge is 2.33. The number of amides is 1. The number of imidazole rings is 1. The van der Waals surface area contributed by atoms with Gasteiger partial charge in [-0.1, -0.05) is 12.5 Å². The Morgan fingerprint density at radius 2 is 1.94 bits per heavy atom. The van der Waals surface area contributed by atoms with Gasteiger partial charge < -0.3 is 30.5 Å². The second-order valence-corrected chi connectivity index (χ2v) is 14.3. The van der Waals surface area contributed by atoms with Crippen molar-refractivity contribution in [2.45, 2.75) is 48.6 Å². The number of piperidine rings is 1. The smallest absolute Gasteiger partial charge is 0.394 e. The molecule has 1 amide bonds. The van der Waals surface area contributed by atoms with Crippen LogP contribution in [-0.4, -0.2) is 111 Å². The van der Waals surface area contributed by atoms with Gasteiger partial charge in [0.05, 0.1) is 53.8 Å². The zero-order chi connectivity index (χ0) is 35.5. The zero-order valence-electron chi connectivity index (χ0n) is 27.4. The third kappa shape index (κ3) is 8.76. The average molecular weight is 706 g/mol. The second-order valence-electron chi connectivity index (χ2n) is 12.3. The lowest BCUT2D eigenvalue weighted by molar-refractivity contribution is -0.128. The summed E-state index contributed by atoms with van der Waals surface area (Å²) in [7, 11) is -0.264. The van der Waals surface area contributed by atoms with Crippen LogP contribution in [0.25, 0.3) is 5.65 Å². The van der Waals surface area contributed by atoms with Crippen LogP contribution in [0, 0.1) is 11.8 Å². The van der Waals surface area contributed by atoms with Crippen molar-refractivity contribution >= 4 is 38.5 Å². The molecule has 49 heavy (non-hydrogen) atoms. The van der Waals surface area contributed by atoms with Crippen LogP contribution < -0.4 is 20.7 Å². The summed E-state index contributed by atoms with van der Waals surface area (Å²) < 4.78 is 87.6. The first-order valence-electron chi connectivity index (χ1n) is 15.6. The third-order valence-corrected chi connectivity index (χ3v) is 9.60. The summed E-state index contributed by atoms with van der Waals surface area (Å²) in [6.45, 7) is 5.25. The van der Waals surface area contributed by atoms with Crippen LogP contribution in [0.1, 0.15) is 24.2 Å². The molecule has 0 bridgehead atoms. The van der Waals surface area contributed by atoms with Crippen LogP contribution in [0.2, 0.25) is 0 Å². The minimum absolute atomic E-state index is 0.0213. The van der Waals surface area contributed by atoms with Crippen molar-refractivity contribution in [1.82, 2.24) is 19.2 Å². The van der Waals surface area contributed by atoms with Crippen molar-refractivity contribution in [1.29, 1.82) is 0 Å². The first-order valence-corrected chi connectivity index (χ1v) is 17.5. The normalized spacial score (nSPS) is 20.1. The maximum atomic E-state index is 15.1. The molecule has 3 atom stereocenters. The first kappa shape index (κ1) is 35.8. The predicted octanol–water partition coefficient (Wildman–Crippen LogP) is 3.97. The number of methoxy groups -OCH3 is 1. The minimum Gasteiger partial charge on any atom is -0.495 e. The van der Waals surface area contributed by atoms with E-state index < -0.39 is 34.6 Å². The molecule has 2 saturated heterocycles. The number of sulfone groups is 1. The Bertz CT molecular complexity index is 1890. The molecule has 11 nitrogen and oxygen atoms in total. The monoisotopic (exact) mass is 705 g/mol. The minimum atomic E-state index is -4.59. The Labute approximate surface area is 282 Å². The van der Waals surface area contributed by atoms with Crippen LogP contribution in [0.4, 0.5) is 34.6 Å². The van der Waals surface area contributed by atoms with Crippen molar-refractivity contribution in [2.75, 3.05) is 69.1 Å². The molecule has 3 N–H and O–H groups in total. The molecule has 2 fully saturated rings. The first-order chi connectivity index (χ1) is 23.1. The lowest BCUT2D eigenvalue weighted by atomic mass is 10.0. The maximum absolute atomic E-state index is 15.1. The largest absolute Gasteiger partial charge is 0.495 e. The van der Waals surface area contributed by atoms with Crippen LogP contribution in [-0.2, 0) is 21.1 Å². The molecule has 2 aromatic heterocycles. The number of anilines is 3. The fourth-order valence-electron chi connectivity index (χ4n) is 6.01. The van der Waals surface area contributed by atoms with Crippen LogP contribution in [0.15, 0.2) is 48.0 Å². The summed E-state index contributed by atoms with van der Waals surface area (Å²) in [5.74, 6) is 5.63. The molecule has 2 aliphatic rings. The molecular formula is C33H39F4N7O4S. The van der Waals surface area contributed by atoms with Gasteiger partial charge in [0, 0.05) is 50.7 Å². The molecule has 2 aliphatic heterocycles. The van der Waals surface area contributed by atoms with E-state index in [-0.39, 0.29) is 52.7 Å². The molecule has 3 aromatic rings. The maximum Gasteiger partial charge on any atom is 0.394 e. The standard InChI is InChI=1S/C33H39F4N7O4S/c1-5-31(45)43-14-10-21(18-43)39-22-15-28(40-25-11-13-42(2)20-24(25)34)32-41-26(29(44(32)19-22)17-33(35,36)37)7-6-12-38-27-9-8-23(49(4,46)47)16-30(27)48-3/h5,8-9,15-16,19,21,24-25,38-40H,1,10-14,17-18,20H2,2-4H3/t21-,24-,25+/m0/s1. The number of nitrogens with zero attached hydrogens (tertiary/aromatic N) is 4. The van der Waals surface area contributed by atoms with E-state index in [2.05, 4.69) is 39.4 Å². The van der Waals surface area contributed by atoms with Gasteiger partial charge in [0.15, 0.2) is 15.5 Å². The topological polar surface area (TPSA) is 120 Å². The fraction of sp³-hybridized carbons (Fsp3) is 0.455. The number of nitrogens with one attached hydrogen (secondary N) is 3. The summed E-state index contributed by atoms with van der Waals surface area (Å²) >= 11 is 0. The summed E-state index contributed by atoms with van der Waals surface area (Å²) in [5.41, 5.74) is 1.15. The van der Waals surface area contributed by atoms with Gasteiger partial charge in [-0.05, 0) is 50.1 Å². The van der Waals surface area contributed by atoms with Gasteiger partial charge in [0.1, 0.15) is 17.6 Å². The lowest BCUT2D eigenvalue weighted by Crippen LogP contribution is -2.46. The van der Waals surface area contributed by atoms with E-state index in [1.165, 1.54) is 42.0 Å². The molecule has 264 valence electrons. The number of carbonyl (C=O) groups is 1. The highest BCUT2D eigenvalue weighted by Crippen LogP contribution is 2.32. The Hall–Kier alpha value is -4.49. The zero-order valence-corrected chi connectivity index (χ0v) is 28.2. The number of hydrogen-bond donors (Lipinski definition) is 3. The molecule has 0 radical (unpaired) electrons. The number of pyridine rings is 1. The summed E-state index contributed by atoms with van der Waals surface area (Å²) in [6.07, 6.45) is -2.20. The summed E-state index contributed by atoms with van der Waals surface area (Å²) in [5, 5.41) is 9.55. The highest BCUT2D eigenvalue weighted by atomic mass is 32.2. The number of aromatic nitrogens is 2. The number of benzene rings is 1. The van der Waals surface area contributed by atoms with E-state index in [4.69, 9.17) is 4.74 Å². The molecule has 4 heterocycles. The van der Waals surface area contributed by atoms with Crippen molar-refractivity contribution in [3.05, 3.63) is 54.5 Å².